The van der Waals surface area contributed by atoms with Gasteiger partial charge in [0.05, 0.1) is 30.4 Å². The molecule has 1 aromatic rings. The Labute approximate surface area is 84.3 Å². The van der Waals surface area contributed by atoms with Crippen LogP contribution in [0.25, 0.3) is 0 Å². The zero-order valence-corrected chi connectivity index (χ0v) is 8.79. The third-order valence-corrected chi connectivity index (χ3v) is 2.71. The van der Waals surface area contributed by atoms with Crippen LogP contribution in [0.1, 0.15) is 19.5 Å². The van der Waals surface area contributed by atoms with E-state index in [0.29, 0.717) is 6.61 Å². The molecule has 2 rings (SSSR count). The molecule has 0 aromatic carbocycles. The van der Waals surface area contributed by atoms with E-state index in [4.69, 9.17) is 4.74 Å². The van der Waals surface area contributed by atoms with Crippen molar-refractivity contribution in [2.45, 2.75) is 32.6 Å². The minimum atomic E-state index is 0.0306. The fourth-order valence-corrected chi connectivity index (χ4v) is 1.58. The summed E-state index contributed by atoms with van der Waals surface area (Å²) in [5, 5.41) is 3.21. The van der Waals surface area contributed by atoms with E-state index in [1.165, 1.54) is 0 Å². The van der Waals surface area contributed by atoms with Gasteiger partial charge in [0.1, 0.15) is 0 Å². The molecule has 0 aliphatic carbocycles. The van der Waals surface area contributed by atoms with E-state index in [9.17, 15) is 0 Å². The number of nitrogens with one attached hydrogen (secondary N) is 1. The van der Waals surface area contributed by atoms with Gasteiger partial charge in [-0.25, -0.2) is 4.98 Å². The Kier molecular flexibility index (Phi) is 2.56. The standard InChI is InChI=1S/C10H17N3O/c1-3-13-8-11-4-9(13)5-14-10(2)6-12-7-10/h4,8,12H,3,5-7H2,1-2H3. The molecule has 1 aliphatic rings. The van der Waals surface area contributed by atoms with Gasteiger partial charge in [0, 0.05) is 19.6 Å². The van der Waals surface area contributed by atoms with Crippen molar-refractivity contribution in [1.29, 1.82) is 0 Å². The predicted octanol–water partition coefficient (Wildman–Crippen LogP) is 0.781. The SMILES string of the molecule is CCn1cncc1COC1(C)CNC1. The van der Waals surface area contributed by atoms with E-state index in [-0.39, 0.29) is 5.60 Å². The molecule has 78 valence electrons. The molecule has 0 unspecified atom stereocenters. The van der Waals surface area contributed by atoms with E-state index in [0.717, 1.165) is 25.3 Å². The van der Waals surface area contributed by atoms with Gasteiger partial charge in [-0.15, -0.1) is 0 Å². The molecule has 0 bridgehead atoms. The fraction of sp³-hybridized carbons (Fsp3) is 0.700. The van der Waals surface area contributed by atoms with Crippen LogP contribution in [0.2, 0.25) is 0 Å². The van der Waals surface area contributed by atoms with Crippen LogP contribution in [0.4, 0.5) is 0 Å². The highest BCUT2D eigenvalue weighted by molar-refractivity contribution is 4.98. The van der Waals surface area contributed by atoms with E-state index in [1.54, 1.807) is 0 Å². The second-order valence-electron chi connectivity index (χ2n) is 4.01. The lowest BCUT2D eigenvalue weighted by Gasteiger charge is -2.39. The molecule has 0 spiro atoms. The van der Waals surface area contributed by atoms with Crippen LogP contribution >= 0.6 is 0 Å². The second kappa shape index (κ2) is 3.71. The summed E-state index contributed by atoms with van der Waals surface area (Å²) in [5.74, 6) is 0. The number of aromatic nitrogens is 2. The molecule has 4 heteroatoms. The highest BCUT2D eigenvalue weighted by Crippen LogP contribution is 2.17. The summed E-state index contributed by atoms with van der Waals surface area (Å²) < 4.78 is 7.94. The number of aryl methyl sites for hydroxylation is 1. The van der Waals surface area contributed by atoms with Crippen LogP contribution in [0, 0.1) is 0 Å². The summed E-state index contributed by atoms with van der Waals surface area (Å²) in [6.45, 7) is 7.76. The Morgan fingerprint density at radius 1 is 1.64 bits per heavy atom. The average molecular weight is 195 g/mol. The summed E-state index contributed by atoms with van der Waals surface area (Å²) in [4.78, 5) is 4.10. The van der Waals surface area contributed by atoms with Crippen LogP contribution in [0.3, 0.4) is 0 Å². The van der Waals surface area contributed by atoms with Crippen molar-refractivity contribution in [3.05, 3.63) is 18.2 Å². The summed E-state index contributed by atoms with van der Waals surface area (Å²) >= 11 is 0. The molecule has 1 fully saturated rings. The Balaban J connectivity index is 1.91. The van der Waals surface area contributed by atoms with Gasteiger partial charge < -0.3 is 14.6 Å². The number of hydrogen-bond donors (Lipinski definition) is 1. The van der Waals surface area contributed by atoms with Crippen molar-refractivity contribution < 1.29 is 4.74 Å². The topological polar surface area (TPSA) is 39.1 Å². The zero-order chi connectivity index (χ0) is 10.0. The molecule has 0 saturated carbocycles. The maximum atomic E-state index is 5.83. The van der Waals surface area contributed by atoms with E-state index >= 15 is 0 Å². The molecule has 1 aliphatic heterocycles. The van der Waals surface area contributed by atoms with Crippen LogP contribution in [0.5, 0.6) is 0 Å². The first-order chi connectivity index (χ1) is 6.73. The lowest BCUT2D eigenvalue weighted by Crippen LogP contribution is -2.58. The van der Waals surface area contributed by atoms with Crippen molar-refractivity contribution in [1.82, 2.24) is 14.9 Å². The van der Waals surface area contributed by atoms with E-state index in [2.05, 4.69) is 28.7 Å². The quantitative estimate of drug-likeness (QED) is 0.771. The molecule has 14 heavy (non-hydrogen) atoms. The minimum Gasteiger partial charge on any atom is -0.366 e. The van der Waals surface area contributed by atoms with Crippen molar-refractivity contribution in [2.75, 3.05) is 13.1 Å². The third-order valence-electron chi connectivity index (χ3n) is 2.71. The van der Waals surface area contributed by atoms with E-state index < -0.39 is 0 Å². The van der Waals surface area contributed by atoms with Crippen molar-refractivity contribution in [2.24, 2.45) is 0 Å². The largest absolute Gasteiger partial charge is 0.366 e. The molecule has 0 amide bonds. The highest BCUT2D eigenvalue weighted by atomic mass is 16.5. The van der Waals surface area contributed by atoms with Crippen molar-refractivity contribution >= 4 is 0 Å². The van der Waals surface area contributed by atoms with Gasteiger partial charge in [0.2, 0.25) is 0 Å². The number of nitrogens with zero attached hydrogens (tertiary/aromatic N) is 2. The molecule has 1 N–H and O–H groups in total. The normalized spacial score (nSPS) is 19.3. The molecule has 4 nitrogen and oxygen atoms in total. The first-order valence-electron chi connectivity index (χ1n) is 5.07. The monoisotopic (exact) mass is 195 g/mol. The Bertz CT molecular complexity index is 304. The second-order valence-corrected chi connectivity index (χ2v) is 4.01. The van der Waals surface area contributed by atoms with Crippen LogP contribution in [-0.2, 0) is 17.9 Å². The number of ether oxygens (including phenoxy) is 1. The van der Waals surface area contributed by atoms with Gasteiger partial charge in [-0.3, -0.25) is 0 Å². The summed E-state index contributed by atoms with van der Waals surface area (Å²) in [6.07, 6.45) is 3.72. The molecular formula is C10H17N3O. The summed E-state index contributed by atoms with van der Waals surface area (Å²) in [7, 11) is 0. The summed E-state index contributed by atoms with van der Waals surface area (Å²) in [6, 6.07) is 0. The van der Waals surface area contributed by atoms with Crippen molar-refractivity contribution in [3.63, 3.8) is 0 Å². The molecule has 0 radical (unpaired) electrons. The van der Waals surface area contributed by atoms with Crippen LogP contribution in [-0.4, -0.2) is 28.2 Å². The zero-order valence-electron chi connectivity index (χ0n) is 8.79. The maximum absolute atomic E-state index is 5.83. The fourth-order valence-electron chi connectivity index (χ4n) is 1.58. The molecule has 1 aromatic heterocycles. The smallest absolute Gasteiger partial charge is 0.0948 e. The van der Waals surface area contributed by atoms with Gasteiger partial charge in [-0.2, -0.15) is 0 Å². The third kappa shape index (κ3) is 1.81. The van der Waals surface area contributed by atoms with Gasteiger partial charge in [0.25, 0.3) is 0 Å². The highest BCUT2D eigenvalue weighted by Gasteiger charge is 2.32. The first-order valence-corrected chi connectivity index (χ1v) is 5.07. The number of hydrogen-bond acceptors (Lipinski definition) is 3. The first kappa shape index (κ1) is 9.68. The Hall–Kier alpha value is -0.870. The molecule has 1 saturated heterocycles. The Morgan fingerprint density at radius 3 is 3.00 bits per heavy atom. The van der Waals surface area contributed by atoms with E-state index in [1.807, 2.05) is 12.5 Å². The number of imidazole rings is 1. The molecule has 0 atom stereocenters. The minimum absolute atomic E-state index is 0.0306. The van der Waals surface area contributed by atoms with Gasteiger partial charge >= 0.3 is 0 Å². The van der Waals surface area contributed by atoms with Gasteiger partial charge in [-0.1, -0.05) is 0 Å². The average Bonchev–Trinajstić information content (AvgIpc) is 2.58. The predicted molar refractivity (Wildman–Crippen MR) is 54.0 cm³/mol. The van der Waals surface area contributed by atoms with Gasteiger partial charge in [0.15, 0.2) is 0 Å². The van der Waals surface area contributed by atoms with Crippen LogP contribution < -0.4 is 5.32 Å². The number of rotatable bonds is 4. The maximum Gasteiger partial charge on any atom is 0.0948 e. The molecule has 2 heterocycles. The van der Waals surface area contributed by atoms with Gasteiger partial charge in [-0.05, 0) is 13.8 Å². The summed E-state index contributed by atoms with van der Waals surface area (Å²) in [5.41, 5.74) is 1.18. The van der Waals surface area contributed by atoms with Crippen LogP contribution in [0.15, 0.2) is 12.5 Å². The van der Waals surface area contributed by atoms with Crippen molar-refractivity contribution in [3.8, 4) is 0 Å². The molecular weight excluding hydrogens is 178 g/mol. The Morgan fingerprint density at radius 2 is 2.43 bits per heavy atom. The lowest BCUT2D eigenvalue weighted by atomic mass is 10.0. The lowest BCUT2D eigenvalue weighted by molar-refractivity contribution is -0.0785.